The SMILES string of the molecule is Cc1ccc(S(=O)(=O)N(C(N)=O)c2ccc(Cl)cc2)cc1. The molecule has 0 saturated carbocycles. The molecule has 0 aliphatic rings. The quantitative estimate of drug-likeness (QED) is 0.942. The smallest absolute Gasteiger partial charge is 0.333 e. The number of carbonyl (C=O) groups is 1. The molecular weight excluding hydrogens is 312 g/mol. The molecule has 0 bridgehead atoms. The lowest BCUT2D eigenvalue weighted by Crippen LogP contribution is -2.40. The van der Waals surface area contributed by atoms with Gasteiger partial charge < -0.3 is 5.73 Å². The van der Waals surface area contributed by atoms with Crippen LogP contribution in [0.3, 0.4) is 0 Å². The van der Waals surface area contributed by atoms with Crippen LogP contribution in [0.1, 0.15) is 5.56 Å². The number of halogens is 1. The number of urea groups is 1. The fourth-order valence-electron chi connectivity index (χ4n) is 1.78. The van der Waals surface area contributed by atoms with Gasteiger partial charge in [-0.15, -0.1) is 0 Å². The van der Waals surface area contributed by atoms with Crippen LogP contribution >= 0.6 is 11.6 Å². The third kappa shape index (κ3) is 3.17. The Bertz CT molecular complexity index is 756. The van der Waals surface area contributed by atoms with Gasteiger partial charge in [-0.2, -0.15) is 4.31 Å². The van der Waals surface area contributed by atoms with Crippen LogP contribution in [0.5, 0.6) is 0 Å². The maximum atomic E-state index is 12.6. The first-order chi connectivity index (χ1) is 9.82. The van der Waals surface area contributed by atoms with E-state index >= 15 is 0 Å². The van der Waals surface area contributed by atoms with Crippen molar-refractivity contribution < 1.29 is 13.2 Å². The van der Waals surface area contributed by atoms with Crippen LogP contribution in [0, 0.1) is 6.92 Å². The number of sulfonamides is 1. The predicted octanol–water partition coefficient (Wildman–Crippen LogP) is 2.92. The Labute approximate surface area is 128 Å². The van der Waals surface area contributed by atoms with Crippen molar-refractivity contribution in [2.45, 2.75) is 11.8 Å². The molecule has 7 heteroatoms. The molecule has 2 aromatic carbocycles. The zero-order valence-electron chi connectivity index (χ0n) is 11.2. The second-order valence-corrected chi connectivity index (χ2v) is 6.62. The van der Waals surface area contributed by atoms with Gasteiger partial charge in [0, 0.05) is 5.02 Å². The van der Waals surface area contributed by atoms with Crippen molar-refractivity contribution in [1.82, 2.24) is 0 Å². The maximum Gasteiger partial charge on any atom is 0.333 e. The highest BCUT2D eigenvalue weighted by atomic mass is 35.5. The molecule has 5 nitrogen and oxygen atoms in total. The fourth-order valence-corrected chi connectivity index (χ4v) is 3.23. The summed E-state index contributed by atoms with van der Waals surface area (Å²) in [4.78, 5) is 11.6. The highest BCUT2D eigenvalue weighted by molar-refractivity contribution is 7.93. The monoisotopic (exact) mass is 324 g/mol. The molecule has 0 atom stereocenters. The second kappa shape index (κ2) is 5.75. The average molecular weight is 325 g/mol. The summed E-state index contributed by atoms with van der Waals surface area (Å²) >= 11 is 5.76. The number of carbonyl (C=O) groups excluding carboxylic acids is 1. The van der Waals surface area contributed by atoms with E-state index < -0.39 is 16.1 Å². The number of primary amides is 1. The van der Waals surface area contributed by atoms with E-state index in [9.17, 15) is 13.2 Å². The Morgan fingerprint density at radius 2 is 1.57 bits per heavy atom. The van der Waals surface area contributed by atoms with Crippen LogP contribution in [-0.4, -0.2) is 14.4 Å². The molecule has 2 amide bonds. The van der Waals surface area contributed by atoms with Gasteiger partial charge in [0.2, 0.25) is 0 Å². The van der Waals surface area contributed by atoms with Crippen LogP contribution in [-0.2, 0) is 10.0 Å². The van der Waals surface area contributed by atoms with E-state index in [1.54, 1.807) is 12.1 Å². The number of hydrogen-bond acceptors (Lipinski definition) is 3. The van der Waals surface area contributed by atoms with Gasteiger partial charge in [-0.3, -0.25) is 0 Å². The zero-order valence-corrected chi connectivity index (χ0v) is 12.7. The Morgan fingerprint density at radius 3 is 2.05 bits per heavy atom. The topological polar surface area (TPSA) is 80.5 Å². The molecule has 21 heavy (non-hydrogen) atoms. The van der Waals surface area contributed by atoms with Gasteiger partial charge >= 0.3 is 6.03 Å². The average Bonchev–Trinajstić information content (AvgIpc) is 2.41. The van der Waals surface area contributed by atoms with E-state index in [0.29, 0.717) is 9.33 Å². The van der Waals surface area contributed by atoms with Crippen LogP contribution < -0.4 is 10.0 Å². The molecule has 0 spiro atoms. The number of nitrogens with two attached hydrogens (primary N) is 1. The van der Waals surface area contributed by atoms with Gasteiger partial charge in [-0.05, 0) is 43.3 Å². The molecule has 0 unspecified atom stereocenters. The minimum Gasteiger partial charge on any atom is -0.350 e. The van der Waals surface area contributed by atoms with Gasteiger partial charge in [-0.1, -0.05) is 29.3 Å². The van der Waals surface area contributed by atoms with Crippen molar-refractivity contribution in [3.8, 4) is 0 Å². The lowest BCUT2D eigenvalue weighted by molar-refractivity contribution is 0.257. The lowest BCUT2D eigenvalue weighted by Gasteiger charge is -2.20. The molecule has 110 valence electrons. The van der Waals surface area contributed by atoms with Gasteiger partial charge in [0.1, 0.15) is 0 Å². The molecule has 0 radical (unpaired) electrons. The number of amides is 2. The Morgan fingerprint density at radius 1 is 1.05 bits per heavy atom. The van der Waals surface area contributed by atoms with Gasteiger partial charge in [0.25, 0.3) is 10.0 Å². The van der Waals surface area contributed by atoms with Crippen LogP contribution in [0.15, 0.2) is 53.4 Å². The van der Waals surface area contributed by atoms with E-state index in [4.69, 9.17) is 17.3 Å². The number of rotatable bonds is 3. The van der Waals surface area contributed by atoms with Crippen molar-refractivity contribution in [2.24, 2.45) is 5.73 Å². The lowest BCUT2D eigenvalue weighted by atomic mass is 10.2. The summed E-state index contributed by atoms with van der Waals surface area (Å²) in [6, 6.07) is 10.9. The third-order valence-corrected chi connectivity index (χ3v) is 4.81. The van der Waals surface area contributed by atoms with Gasteiger partial charge in [-0.25, -0.2) is 13.2 Å². The van der Waals surface area contributed by atoms with Crippen LogP contribution in [0.2, 0.25) is 5.02 Å². The summed E-state index contributed by atoms with van der Waals surface area (Å²) in [5, 5.41) is 0.427. The predicted molar refractivity (Wildman–Crippen MR) is 81.9 cm³/mol. The van der Waals surface area contributed by atoms with Crippen molar-refractivity contribution >= 4 is 33.3 Å². The summed E-state index contributed by atoms with van der Waals surface area (Å²) in [7, 11) is -4.07. The summed E-state index contributed by atoms with van der Waals surface area (Å²) in [6.45, 7) is 1.83. The number of hydrogen-bond donors (Lipinski definition) is 1. The molecule has 0 aliphatic heterocycles. The van der Waals surface area contributed by atoms with Crippen LogP contribution in [0.4, 0.5) is 10.5 Å². The fraction of sp³-hybridized carbons (Fsp3) is 0.0714. The minimum atomic E-state index is -4.07. The number of nitrogens with zero attached hydrogens (tertiary/aromatic N) is 1. The van der Waals surface area contributed by atoms with Crippen LogP contribution in [0.25, 0.3) is 0 Å². The minimum absolute atomic E-state index is 0.0122. The molecule has 2 N–H and O–H groups in total. The molecule has 0 fully saturated rings. The standard InChI is InChI=1S/C14H13ClN2O3S/c1-10-2-8-13(9-3-10)21(19,20)17(14(16)18)12-6-4-11(15)5-7-12/h2-9H,1H3,(H2,16,18). The Balaban J connectivity index is 2.54. The maximum absolute atomic E-state index is 12.6. The Hall–Kier alpha value is -2.05. The first-order valence-corrected chi connectivity index (χ1v) is 7.81. The Kier molecular flexibility index (Phi) is 4.20. The second-order valence-electron chi connectivity index (χ2n) is 4.40. The van der Waals surface area contributed by atoms with Crippen molar-refractivity contribution in [2.75, 3.05) is 4.31 Å². The number of aryl methyl sites for hydroxylation is 1. The molecule has 0 aromatic heterocycles. The van der Waals surface area contributed by atoms with E-state index in [1.165, 1.54) is 36.4 Å². The third-order valence-electron chi connectivity index (χ3n) is 2.82. The van der Waals surface area contributed by atoms with Crippen molar-refractivity contribution in [3.63, 3.8) is 0 Å². The number of benzene rings is 2. The molecule has 0 aliphatic carbocycles. The van der Waals surface area contributed by atoms with E-state index in [-0.39, 0.29) is 10.6 Å². The van der Waals surface area contributed by atoms with E-state index in [0.717, 1.165) is 5.56 Å². The highest BCUT2D eigenvalue weighted by Crippen LogP contribution is 2.25. The van der Waals surface area contributed by atoms with Crippen molar-refractivity contribution in [1.29, 1.82) is 0 Å². The van der Waals surface area contributed by atoms with E-state index in [2.05, 4.69) is 0 Å². The van der Waals surface area contributed by atoms with Crippen molar-refractivity contribution in [3.05, 3.63) is 59.1 Å². The molecular formula is C14H13ClN2O3S. The zero-order chi connectivity index (χ0) is 15.6. The molecule has 2 rings (SSSR count). The summed E-state index contributed by atoms with van der Waals surface area (Å²) in [5.41, 5.74) is 6.28. The molecule has 2 aromatic rings. The largest absolute Gasteiger partial charge is 0.350 e. The summed E-state index contributed by atoms with van der Waals surface area (Å²) < 4.78 is 25.7. The van der Waals surface area contributed by atoms with Gasteiger partial charge in [0.05, 0.1) is 10.6 Å². The first-order valence-electron chi connectivity index (χ1n) is 5.99. The highest BCUT2D eigenvalue weighted by Gasteiger charge is 2.29. The summed E-state index contributed by atoms with van der Waals surface area (Å²) in [5.74, 6) is 0. The first kappa shape index (κ1) is 15.3. The van der Waals surface area contributed by atoms with E-state index in [1.807, 2.05) is 6.92 Å². The normalized spacial score (nSPS) is 11.1. The number of anilines is 1. The van der Waals surface area contributed by atoms with Gasteiger partial charge in [0.15, 0.2) is 0 Å². The molecule has 0 saturated heterocycles. The molecule has 0 heterocycles. The summed E-state index contributed by atoms with van der Waals surface area (Å²) in [6.07, 6.45) is 0.